The first-order valence-electron chi connectivity index (χ1n) is 9.13. The fourth-order valence-electron chi connectivity index (χ4n) is 3.38. The Morgan fingerprint density at radius 3 is 2.32 bits per heavy atom. The molecule has 0 spiro atoms. The van der Waals surface area contributed by atoms with Crippen LogP contribution < -0.4 is 5.32 Å². The van der Waals surface area contributed by atoms with Gasteiger partial charge in [0.15, 0.2) is 0 Å². The van der Waals surface area contributed by atoms with Crippen LogP contribution >= 0.6 is 0 Å². The van der Waals surface area contributed by atoms with Crippen molar-refractivity contribution in [3.63, 3.8) is 0 Å². The van der Waals surface area contributed by atoms with Crippen LogP contribution in [0.2, 0.25) is 0 Å². The number of aliphatic hydroxyl groups is 1. The maximum atomic E-state index is 9.51. The number of piperidine rings is 2. The third-order valence-electron chi connectivity index (χ3n) is 4.99. The van der Waals surface area contributed by atoms with Gasteiger partial charge in [-0.05, 0) is 72.1 Å². The van der Waals surface area contributed by atoms with Crippen LogP contribution in [0.5, 0.6) is 0 Å². The smallest absolute Gasteiger partial charge is 0.0564 e. The second kappa shape index (κ2) is 9.66. The van der Waals surface area contributed by atoms with E-state index in [9.17, 15) is 5.11 Å². The lowest BCUT2D eigenvalue weighted by Gasteiger charge is -2.32. The zero-order valence-electron chi connectivity index (χ0n) is 14.6. The summed E-state index contributed by atoms with van der Waals surface area (Å²) in [6.07, 6.45) is 8.00. The molecule has 0 aromatic carbocycles. The summed E-state index contributed by atoms with van der Waals surface area (Å²) in [6.45, 7) is 12.4. The number of likely N-dealkylation sites (tertiary alicyclic amines) is 2. The number of nitrogens with one attached hydrogen (secondary N) is 1. The highest BCUT2D eigenvalue weighted by Gasteiger charge is 2.18. The van der Waals surface area contributed by atoms with E-state index in [1.807, 2.05) is 0 Å². The van der Waals surface area contributed by atoms with Gasteiger partial charge in [-0.15, -0.1) is 0 Å². The minimum atomic E-state index is -0.0501. The van der Waals surface area contributed by atoms with Crippen molar-refractivity contribution in [2.75, 3.05) is 45.8 Å². The molecule has 0 atom stereocenters. The summed E-state index contributed by atoms with van der Waals surface area (Å²) >= 11 is 0. The van der Waals surface area contributed by atoms with Gasteiger partial charge in [-0.2, -0.15) is 0 Å². The first kappa shape index (κ1) is 17.9. The van der Waals surface area contributed by atoms with E-state index in [0.717, 1.165) is 39.0 Å². The zero-order chi connectivity index (χ0) is 15.8. The number of nitrogens with zero attached hydrogens (tertiary/aromatic N) is 2. The van der Waals surface area contributed by atoms with E-state index in [1.165, 1.54) is 44.5 Å². The zero-order valence-corrected chi connectivity index (χ0v) is 14.6. The van der Waals surface area contributed by atoms with Crippen molar-refractivity contribution >= 4 is 0 Å². The fourth-order valence-corrected chi connectivity index (χ4v) is 3.38. The van der Waals surface area contributed by atoms with Crippen LogP contribution in [0.4, 0.5) is 0 Å². The Labute approximate surface area is 136 Å². The molecule has 2 aliphatic heterocycles. The van der Waals surface area contributed by atoms with Crippen LogP contribution in [0, 0.1) is 0 Å². The average Bonchev–Trinajstić information content (AvgIpc) is 2.52. The second-order valence-corrected chi connectivity index (χ2v) is 7.24. The van der Waals surface area contributed by atoms with Crippen molar-refractivity contribution in [2.45, 2.75) is 58.1 Å². The molecule has 2 saturated heterocycles. The summed E-state index contributed by atoms with van der Waals surface area (Å²) in [5.41, 5.74) is 1.42. The molecule has 0 radical (unpaired) electrons. The van der Waals surface area contributed by atoms with E-state index < -0.39 is 0 Å². The second-order valence-electron chi connectivity index (χ2n) is 7.24. The van der Waals surface area contributed by atoms with Gasteiger partial charge >= 0.3 is 0 Å². The lowest BCUT2D eigenvalue weighted by molar-refractivity contribution is 0.0819. The molecule has 4 heteroatoms. The Bertz CT molecular complexity index is 325. The largest absolute Gasteiger partial charge is 0.393 e. The molecule has 22 heavy (non-hydrogen) atoms. The molecular weight excluding hydrogens is 274 g/mol. The molecule has 2 fully saturated rings. The Balaban J connectivity index is 1.49. The molecule has 0 aliphatic carbocycles. The summed E-state index contributed by atoms with van der Waals surface area (Å²) in [6, 6.07) is 0.714. The molecular formula is C18H35N3O. The lowest BCUT2D eigenvalue weighted by atomic mass is 10.0. The Morgan fingerprint density at radius 1 is 1.05 bits per heavy atom. The van der Waals surface area contributed by atoms with Crippen molar-refractivity contribution in [3.05, 3.63) is 11.6 Å². The number of rotatable bonds is 7. The topological polar surface area (TPSA) is 38.7 Å². The quantitative estimate of drug-likeness (QED) is 0.556. The predicted octanol–water partition coefficient (Wildman–Crippen LogP) is 1.85. The number of hydrogen-bond acceptors (Lipinski definition) is 4. The van der Waals surface area contributed by atoms with Crippen LogP contribution in [0.3, 0.4) is 0 Å². The molecule has 0 saturated carbocycles. The van der Waals surface area contributed by atoms with Gasteiger partial charge in [-0.25, -0.2) is 0 Å². The highest BCUT2D eigenvalue weighted by atomic mass is 16.3. The van der Waals surface area contributed by atoms with Gasteiger partial charge in [0.1, 0.15) is 0 Å². The monoisotopic (exact) mass is 309 g/mol. The Hall–Kier alpha value is -0.420. The molecule has 128 valence electrons. The predicted molar refractivity (Wildman–Crippen MR) is 93.2 cm³/mol. The number of aliphatic hydroxyl groups excluding tert-OH is 1. The number of hydrogen-bond donors (Lipinski definition) is 2. The van der Waals surface area contributed by atoms with Crippen LogP contribution in [-0.4, -0.2) is 72.9 Å². The summed E-state index contributed by atoms with van der Waals surface area (Å²) in [4.78, 5) is 5.06. The average molecular weight is 309 g/mol. The normalized spacial score (nSPS) is 22.9. The molecule has 2 heterocycles. The van der Waals surface area contributed by atoms with Gasteiger partial charge in [0.05, 0.1) is 6.10 Å². The third kappa shape index (κ3) is 6.78. The Morgan fingerprint density at radius 2 is 1.68 bits per heavy atom. The highest BCUT2D eigenvalue weighted by Crippen LogP contribution is 2.12. The molecule has 0 bridgehead atoms. The van der Waals surface area contributed by atoms with Crippen LogP contribution in [0.1, 0.15) is 46.0 Å². The number of allylic oxidation sites excluding steroid dienone is 1. The van der Waals surface area contributed by atoms with Crippen LogP contribution in [0.15, 0.2) is 11.6 Å². The molecule has 2 aliphatic rings. The molecule has 0 aromatic heterocycles. The minimum Gasteiger partial charge on any atom is -0.393 e. The van der Waals surface area contributed by atoms with Gasteiger partial charge in [0.25, 0.3) is 0 Å². The van der Waals surface area contributed by atoms with E-state index in [-0.39, 0.29) is 6.10 Å². The van der Waals surface area contributed by atoms with Crippen molar-refractivity contribution in [2.24, 2.45) is 0 Å². The van der Waals surface area contributed by atoms with Crippen molar-refractivity contribution < 1.29 is 5.11 Å². The van der Waals surface area contributed by atoms with Crippen molar-refractivity contribution in [1.82, 2.24) is 15.1 Å². The molecule has 4 nitrogen and oxygen atoms in total. The fraction of sp³-hybridized carbons (Fsp3) is 0.889. The lowest BCUT2D eigenvalue weighted by Crippen LogP contribution is -2.43. The summed E-state index contributed by atoms with van der Waals surface area (Å²) in [7, 11) is 0. The minimum absolute atomic E-state index is 0.0501. The van der Waals surface area contributed by atoms with Gasteiger partial charge in [0, 0.05) is 25.7 Å². The Kier molecular flexibility index (Phi) is 7.87. The van der Waals surface area contributed by atoms with E-state index in [2.05, 4.69) is 35.0 Å². The van der Waals surface area contributed by atoms with Crippen LogP contribution in [0.25, 0.3) is 0 Å². The molecule has 2 rings (SSSR count). The van der Waals surface area contributed by atoms with Crippen molar-refractivity contribution in [1.29, 1.82) is 0 Å². The van der Waals surface area contributed by atoms with E-state index in [0.29, 0.717) is 6.04 Å². The maximum absolute atomic E-state index is 9.51. The van der Waals surface area contributed by atoms with Crippen LogP contribution in [-0.2, 0) is 0 Å². The van der Waals surface area contributed by atoms with Gasteiger partial charge < -0.3 is 15.3 Å². The molecule has 0 aromatic rings. The first-order chi connectivity index (χ1) is 10.6. The van der Waals surface area contributed by atoms with Gasteiger partial charge in [0.2, 0.25) is 0 Å². The first-order valence-corrected chi connectivity index (χ1v) is 9.13. The summed E-state index contributed by atoms with van der Waals surface area (Å²) < 4.78 is 0. The SMILES string of the molecule is CC(C)=CCN1CCC(NCCCN2CCC(O)CC2)CC1. The molecule has 0 unspecified atom stereocenters. The summed E-state index contributed by atoms with van der Waals surface area (Å²) in [5.74, 6) is 0. The van der Waals surface area contributed by atoms with E-state index in [4.69, 9.17) is 0 Å². The highest BCUT2D eigenvalue weighted by molar-refractivity contribution is 4.95. The molecule has 2 N–H and O–H groups in total. The summed E-state index contributed by atoms with van der Waals surface area (Å²) in [5, 5.41) is 13.2. The van der Waals surface area contributed by atoms with E-state index in [1.54, 1.807) is 0 Å². The maximum Gasteiger partial charge on any atom is 0.0564 e. The third-order valence-corrected chi connectivity index (χ3v) is 4.99. The van der Waals surface area contributed by atoms with E-state index >= 15 is 0 Å². The molecule has 0 amide bonds. The van der Waals surface area contributed by atoms with Gasteiger partial charge in [-0.1, -0.05) is 11.6 Å². The van der Waals surface area contributed by atoms with Gasteiger partial charge in [-0.3, -0.25) is 4.90 Å². The van der Waals surface area contributed by atoms with Crippen molar-refractivity contribution in [3.8, 4) is 0 Å². The standard InChI is InChI=1S/C18H35N3O/c1-16(2)4-11-21-12-5-17(6-13-21)19-9-3-10-20-14-7-18(22)8-15-20/h4,17-19,22H,3,5-15H2,1-2H3.